The van der Waals surface area contributed by atoms with Gasteiger partial charge in [-0.2, -0.15) is 5.26 Å². The topological polar surface area (TPSA) is 60.2 Å². The van der Waals surface area contributed by atoms with E-state index in [1.54, 1.807) is 12.3 Å². The summed E-state index contributed by atoms with van der Waals surface area (Å²) < 4.78 is 0. The largest absolute Gasteiger partial charge is 0.354 e. The van der Waals surface area contributed by atoms with Crippen molar-refractivity contribution in [1.29, 1.82) is 5.26 Å². The van der Waals surface area contributed by atoms with Gasteiger partial charge in [0.2, 0.25) is 5.91 Å². The number of rotatable bonds is 4. The molecule has 1 atom stereocenters. The van der Waals surface area contributed by atoms with Crippen LogP contribution in [0.15, 0.2) is 18.3 Å². The molecule has 1 aromatic rings. The number of aromatic nitrogens is 1. The normalized spacial score (nSPS) is 22.2. The van der Waals surface area contributed by atoms with Crippen LogP contribution in [0.2, 0.25) is 0 Å². The average molecular weight is 312 g/mol. The second-order valence-corrected chi connectivity index (χ2v) is 7.01. The van der Waals surface area contributed by atoms with Gasteiger partial charge in [0.25, 0.3) is 0 Å². The third kappa shape index (κ3) is 3.64. The Hall–Kier alpha value is -2.09. The maximum Gasteiger partial charge on any atom is 0.224 e. The summed E-state index contributed by atoms with van der Waals surface area (Å²) in [5.74, 6) is 2.16. The molecule has 5 heteroatoms. The van der Waals surface area contributed by atoms with Crippen molar-refractivity contribution in [2.24, 2.45) is 11.8 Å². The van der Waals surface area contributed by atoms with Gasteiger partial charge in [0.1, 0.15) is 5.82 Å². The molecule has 2 aliphatic rings. The van der Waals surface area contributed by atoms with Crippen LogP contribution in [-0.2, 0) is 4.79 Å². The summed E-state index contributed by atoms with van der Waals surface area (Å²) in [5.41, 5.74) is 0.613. The van der Waals surface area contributed by atoms with Gasteiger partial charge in [0.15, 0.2) is 0 Å². The van der Waals surface area contributed by atoms with E-state index in [1.807, 2.05) is 6.07 Å². The van der Waals surface area contributed by atoms with Gasteiger partial charge in [0, 0.05) is 32.3 Å². The predicted octanol–water partition coefficient (Wildman–Crippen LogP) is 2.43. The number of hydrogen-bond acceptors (Lipinski definition) is 4. The molecule has 1 amide bonds. The van der Waals surface area contributed by atoms with Gasteiger partial charge in [-0.1, -0.05) is 13.8 Å². The first kappa shape index (κ1) is 15.8. The van der Waals surface area contributed by atoms with Gasteiger partial charge in [0.05, 0.1) is 17.7 Å². The van der Waals surface area contributed by atoms with Crippen LogP contribution in [0, 0.1) is 23.2 Å². The van der Waals surface area contributed by atoms with Crippen LogP contribution in [0.4, 0.5) is 5.82 Å². The molecule has 1 aromatic heterocycles. The van der Waals surface area contributed by atoms with Gasteiger partial charge in [-0.05, 0) is 36.8 Å². The second kappa shape index (κ2) is 6.57. The monoisotopic (exact) mass is 312 g/mol. The van der Waals surface area contributed by atoms with E-state index in [4.69, 9.17) is 5.26 Å². The van der Waals surface area contributed by atoms with Crippen LogP contribution in [0.1, 0.15) is 38.7 Å². The van der Waals surface area contributed by atoms with Crippen molar-refractivity contribution in [1.82, 2.24) is 9.88 Å². The Kier molecular flexibility index (Phi) is 4.51. The highest BCUT2D eigenvalue weighted by molar-refractivity contribution is 5.78. The number of amides is 1. The molecular formula is C18H24N4O. The van der Waals surface area contributed by atoms with Crippen molar-refractivity contribution in [3.63, 3.8) is 0 Å². The molecule has 0 radical (unpaired) electrons. The third-order valence-corrected chi connectivity index (χ3v) is 4.84. The maximum absolute atomic E-state index is 12.6. The minimum absolute atomic E-state index is 0.207. The van der Waals surface area contributed by atoms with Crippen LogP contribution < -0.4 is 4.90 Å². The number of carbonyl (C=O) groups excluding carboxylic acids is 1. The zero-order valence-electron chi connectivity index (χ0n) is 13.9. The van der Waals surface area contributed by atoms with Crippen LogP contribution in [0.25, 0.3) is 0 Å². The summed E-state index contributed by atoms with van der Waals surface area (Å²) in [4.78, 5) is 21.3. The highest BCUT2D eigenvalue weighted by atomic mass is 16.2. The predicted molar refractivity (Wildman–Crippen MR) is 88.8 cm³/mol. The number of hydrogen-bond donors (Lipinski definition) is 0. The molecule has 1 unspecified atom stereocenters. The van der Waals surface area contributed by atoms with Gasteiger partial charge < -0.3 is 9.80 Å². The third-order valence-electron chi connectivity index (χ3n) is 4.84. The van der Waals surface area contributed by atoms with Crippen LogP contribution in [-0.4, -0.2) is 41.5 Å². The standard InChI is InChI=1S/C18H24N4O/c1-13(2)16-12-21(17-9-15(10-19)5-7-20-17)8-6-18(23)22(16)11-14-3-4-14/h5,7,9,13-14,16H,3-4,6,8,11-12H2,1-2H3. The van der Waals surface area contributed by atoms with Crippen molar-refractivity contribution in [3.8, 4) is 6.07 Å². The molecule has 2 fully saturated rings. The summed E-state index contributed by atoms with van der Waals surface area (Å²) in [6.45, 7) is 6.73. The first-order chi connectivity index (χ1) is 11.1. The molecule has 2 heterocycles. The van der Waals surface area contributed by atoms with Crippen molar-refractivity contribution in [3.05, 3.63) is 23.9 Å². The smallest absolute Gasteiger partial charge is 0.224 e. The zero-order valence-corrected chi connectivity index (χ0v) is 13.9. The fraction of sp³-hybridized carbons (Fsp3) is 0.611. The summed E-state index contributed by atoms with van der Waals surface area (Å²) in [6, 6.07) is 5.90. The van der Waals surface area contributed by atoms with Gasteiger partial charge >= 0.3 is 0 Å². The van der Waals surface area contributed by atoms with Crippen LogP contribution in [0.5, 0.6) is 0 Å². The lowest BCUT2D eigenvalue weighted by Crippen LogP contribution is -2.47. The van der Waals surface area contributed by atoms with E-state index in [9.17, 15) is 4.79 Å². The summed E-state index contributed by atoms with van der Waals surface area (Å²) in [6.07, 6.45) is 4.70. The quantitative estimate of drug-likeness (QED) is 0.856. The molecule has 1 aliphatic heterocycles. The second-order valence-electron chi connectivity index (χ2n) is 7.01. The lowest BCUT2D eigenvalue weighted by Gasteiger charge is -2.35. The first-order valence-electron chi connectivity index (χ1n) is 8.49. The summed E-state index contributed by atoms with van der Waals surface area (Å²) in [7, 11) is 0. The lowest BCUT2D eigenvalue weighted by atomic mass is 10.0. The van der Waals surface area contributed by atoms with E-state index in [2.05, 4.69) is 34.7 Å². The molecule has 122 valence electrons. The van der Waals surface area contributed by atoms with Crippen molar-refractivity contribution >= 4 is 11.7 Å². The summed E-state index contributed by atoms with van der Waals surface area (Å²) >= 11 is 0. The Morgan fingerprint density at radius 1 is 1.43 bits per heavy atom. The molecular weight excluding hydrogens is 288 g/mol. The lowest BCUT2D eigenvalue weighted by molar-refractivity contribution is -0.133. The van der Waals surface area contributed by atoms with E-state index in [-0.39, 0.29) is 11.9 Å². The molecule has 1 aliphatic carbocycles. The van der Waals surface area contributed by atoms with Gasteiger partial charge in [-0.3, -0.25) is 4.79 Å². The number of anilines is 1. The van der Waals surface area contributed by atoms with Gasteiger partial charge in [-0.15, -0.1) is 0 Å². The minimum Gasteiger partial charge on any atom is -0.354 e. The molecule has 3 rings (SSSR count). The SMILES string of the molecule is CC(C)C1CN(c2cc(C#N)ccn2)CCC(=O)N1CC1CC1. The number of nitriles is 1. The van der Waals surface area contributed by atoms with Gasteiger partial charge in [-0.25, -0.2) is 4.98 Å². The van der Waals surface area contributed by atoms with Crippen molar-refractivity contribution in [2.75, 3.05) is 24.5 Å². The van der Waals surface area contributed by atoms with E-state index in [0.717, 1.165) is 18.9 Å². The van der Waals surface area contributed by atoms with E-state index >= 15 is 0 Å². The maximum atomic E-state index is 12.6. The molecule has 23 heavy (non-hydrogen) atoms. The first-order valence-corrected chi connectivity index (χ1v) is 8.49. The Balaban J connectivity index is 1.83. The van der Waals surface area contributed by atoms with Crippen molar-refractivity contribution in [2.45, 2.75) is 39.2 Å². The van der Waals surface area contributed by atoms with E-state index in [0.29, 0.717) is 30.4 Å². The molecule has 0 bridgehead atoms. The van der Waals surface area contributed by atoms with Crippen LogP contribution in [0.3, 0.4) is 0 Å². The highest BCUT2D eigenvalue weighted by Crippen LogP contribution is 2.32. The average Bonchev–Trinajstić information content (AvgIpc) is 3.37. The van der Waals surface area contributed by atoms with E-state index < -0.39 is 0 Å². The number of carbonyl (C=O) groups is 1. The minimum atomic E-state index is 0.207. The molecule has 1 saturated carbocycles. The number of nitrogens with zero attached hydrogens (tertiary/aromatic N) is 4. The Bertz CT molecular complexity index is 618. The fourth-order valence-electron chi connectivity index (χ4n) is 3.23. The zero-order chi connectivity index (χ0) is 16.4. The highest BCUT2D eigenvalue weighted by Gasteiger charge is 2.35. The Morgan fingerprint density at radius 3 is 2.87 bits per heavy atom. The van der Waals surface area contributed by atoms with Crippen molar-refractivity contribution < 1.29 is 4.79 Å². The Morgan fingerprint density at radius 2 is 2.22 bits per heavy atom. The molecule has 0 N–H and O–H groups in total. The fourth-order valence-corrected chi connectivity index (χ4v) is 3.23. The molecule has 5 nitrogen and oxygen atoms in total. The van der Waals surface area contributed by atoms with Crippen LogP contribution >= 0.6 is 0 Å². The number of pyridine rings is 1. The molecule has 1 saturated heterocycles. The Labute approximate surface area is 137 Å². The molecule has 0 aromatic carbocycles. The molecule has 0 spiro atoms. The van der Waals surface area contributed by atoms with E-state index in [1.165, 1.54) is 12.8 Å². The summed E-state index contributed by atoms with van der Waals surface area (Å²) in [5, 5.41) is 9.09.